The van der Waals surface area contributed by atoms with Gasteiger partial charge in [-0.3, -0.25) is 10.1 Å². The van der Waals surface area contributed by atoms with Gasteiger partial charge in [-0.05, 0) is 42.9 Å². The van der Waals surface area contributed by atoms with Crippen LogP contribution >= 0.6 is 0 Å². The second-order valence-electron chi connectivity index (χ2n) is 8.96. The number of rotatable bonds is 4. The molecule has 132 valence electrons. The van der Waals surface area contributed by atoms with Crippen molar-refractivity contribution in [1.82, 2.24) is 9.55 Å². The molecule has 4 heteroatoms. The minimum Gasteiger partial charge on any atom is -0.307 e. The fourth-order valence-corrected chi connectivity index (χ4v) is 3.52. The van der Waals surface area contributed by atoms with Crippen molar-refractivity contribution >= 4 is 24.0 Å². The van der Waals surface area contributed by atoms with Crippen LogP contribution in [0.5, 0.6) is 0 Å². The van der Waals surface area contributed by atoms with Gasteiger partial charge in [0.15, 0.2) is 0 Å². The predicted molar refractivity (Wildman–Crippen MR) is 98.9 cm³/mol. The summed E-state index contributed by atoms with van der Waals surface area (Å²) < 4.78 is 2.30. The second kappa shape index (κ2) is 6.38. The molecule has 1 N–H and O–H groups in total. The summed E-state index contributed by atoms with van der Waals surface area (Å²) in [4.78, 5) is 17.2. The molecular weight excluding hydrogens is 298 g/mol. The standard InChI is InChI=1S/C20H31N3O/c1-13(2)14-9-10-16-17(11-14)23(15-7-6-8-15)19(21-16)22-18(24)12-20(3,4)5/h10-11,13-15H,6-9,12H2,1-5H3,(H,21,22,24). The Bertz CT molecular complexity index is 732. The third kappa shape index (κ3) is 3.57. The Morgan fingerprint density at radius 3 is 2.62 bits per heavy atom. The average molecular weight is 329 g/mol. The van der Waals surface area contributed by atoms with Crippen molar-refractivity contribution in [2.75, 3.05) is 5.32 Å². The van der Waals surface area contributed by atoms with Crippen molar-refractivity contribution < 1.29 is 4.79 Å². The molecule has 1 fully saturated rings. The molecule has 0 aliphatic heterocycles. The van der Waals surface area contributed by atoms with Gasteiger partial charge in [-0.25, -0.2) is 4.98 Å². The molecule has 3 rings (SSSR count). The molecule has 1 unspecified atom stereocenters. The highest BCUT2D eigenvalue weighted by molar-refractivity contribution is 5.89. The molecular formula is C20H31N3O. The van der Waals surface area contributed by atoms with Crippen molar-refractivity contribution in [2.45, 2.75) is 72.8 Å². The molecule has 1 aromatic rings. The molecule has 0 saturated heterocycles. The van der Waals surface area contributed by atoms with Gasteiger partial charge in [0.1, 0.15) is 0 Å². The van der Waals surface area contributed by atoms with E-state index in [2.05, 4.69) is 56.7 Å². The molecule has 1 saturated carbocycles. The number of amides is 1. The molecule has 1 atom stereocenters. The highest BCUT2D eigenvalue weighted by Crippen LogP contribution is 2.32. The molecule has 2 aliphatic rings. The normalized spacial score (nSPS) is 20.8. The maximum atomic E-state index is 12.4. The average Bonchev–Trinajstić information content (AvgIpc) is 2.72. The van der Waals surface area contributed by atoms with Gasteiger partial charge in [-0.2, -0.15) is 0 Å². The molecule has 2 aliphatic carbocycles. The number of carbonyl (C=O) groups excluding carboxylic acids is 1. The number of hydrogen-bond acceptors (Lipinski definition) is 2. The Morgan fingerprint density at radius 2 is 2.08 bits per heavy atom. The van der Waals surface area contributed by atoms with Crippen LogP contribution < -0.4 is 16.0 Å². The smallest absolute Gasteiger partial charge is 0.227 e. The second-order valence-corrected chi connectivity index (χ2v) is 8.96. The van der Waals surface area contributed by atoms with Gasteiger partial charge in [-0.15, -0.1) is 0 Å². The number of nitrogens with zero attached hydrogens (tertiary/aromatic N) is 2. The molecule has 4 nitrogen and oxygen atoms in total. The Morgan fingerprint density at radius 1 is 1.38 bits per heavy atom. The van der Waals surface area contributed by atoms with Gasteiger partial charge in [0, 0.05) is 12.5 Å². The Hall–Kier alpha value is -1.58. The molecule has 0 spiro atoms. The summed E-state index contributed by atoms with van der Waals surface area (Å²) in [5, 5.41) is 5.35. The van der Waals surface area contributed by atoms with Crippen molar-refractivity contribution in [3.8, 4) is 0 Å². The summed E-state index contributed by atoms with van der Waals surface area (Å²) in [7, 11) is 0. The van der Waals surface area contributed by atoms with Crippen molar-refractivity contribution in [1.29, 1.82) is 0 Å². The summed E-state index contributed by atoms with van der Waals surface area (Å²) in [5.74, 6) is 1.99. The topological polar surface area (TPSA) is 46.9 Å². The molecule has 1 aromatic heterocycles. The van der Waals surface area contributed by atoms with Crippen LogP contribution in [0.4, 0.5) is 5.95 Å². The Kier molecular flexibility index (Phi) is 4.58. The van der Waals surface area contributed by atoms with Crippen LogP contribution in [-0.4, -0.2) is 15.5 Å². The van der Waals surface area contributed by atoms with E-state index in [1.54, 1.807) is 0 Å². The largest absolute Gasteiger partial charge is 0.307 e. The number of imidazole rings is 1. The lowest BCUT2D eigenvalue weighted by molar-refractivity contribution is -0.117. The first-order valence-electron chi connectivity index (χ1n) is 9.35. The third-order valence-corrected chi connectivity index (χ3v) is 5.17. The molecule has 1 amide bonds. The first-order chi connectivity index (χ1) is 11.2. The number of aromatic nitrogens is 2. The van der Waals surface area contributed by atoms with Gasteiger partial charge >= 0.3 is 0 Å². The number of carbonyl (C=O) groups is 1. The molecule has 0 bridgehead atoms. The lowest BCUT2D eigenvalue weighted by atomic mass is 9.89. The first-order valence-corrected chi connectivity index (χ1v) is 9.35. The lowest BCUT2D eigenvalue weighted by Gasteiger charge is -2.29. The summed E-state index contributed by atoms with van der Waals surface area (Å²) in [5.41, 5.74) is -0.0153. The fourth-order valence-electron chi connectivity index (χ4n) is 3.52. The molecule has 24 heavy (non-hydrogen) atoms. The van der Waals surface area contributed by atoms with Gasteiger partial charge in [0.25, 0.3) is 0 Å². The van der Waals surface area contributed by atoms with Crippen molar-refractivity contribution in [3.05, 3.63) is 10.7 Å². The maximum absolute atomic E-state index is 12.4. The van der Waals surface area contributed by atoms with Gasteiger partial charge in [0.05, 0.1) is 10.7 Å². The minimum absolute atomic E-state index is 0.0153. The number of nitrogens with one attached hydrogen (secondary N) is 1. The van der Waals surface area contributed by atoms with Crippen LogP contribution in [0.15, 0.2) is 0 Å². The summed E-state index contributed by atoms with van der Waals surface area (Å²) in [6.45, 7) is 10.8. The fraction of sp³-hybridized carbons (Fsp3) is 0.700. The number of hydrogen-bond donors (Lipinski definition) is 1. The van der Waals surface area contributed by atoms with Gasteiger partial charge in [0.2, 0.25) is 11.9 Å². The summed E-state index contributed by atoms with van der Waals surface area (Å²) >= 11 is 0. The molecule has 0 radical (unpaired) electrons. The minimum atomic E-state index is -0.0153. The first kappa shape index (κ1) is 17.2. The van der Waals surface area contributed by atoms with Gasteiger partial charge in [-0.1, -0.05) is 46.8 Å². The molecule has 1 heterocycles. The highest BCUT2D eigenvalue weighted by atomic mass is 16.1. The van der Waals surface area contributed by atoms with E-state index < -0.39 is 0 Å². The molecule has 0 aromatic carbocycles. The Labute approximate surface area is 145 Å². The van der Waals surface area contributed by atoms with Crippen LogP contribution in [-0.2, 0) is 4.79 Å². The predicted octanol–water partition coefficient (Wildman–Crippen LogP) is 3.22. The van der Waals surface area contributed by atoms with Crippen LogP contribution in [0.25, 0.3) is 12.2 Å². The zero-order valence-electron chi connectivity index (χ0n) is 15.7. The van der Waals surface area contributed by atoms with E-state index >= 15 is 0 Å². The summed E-state index contributed by atoms with van der Waals surface area (Å²) in [6, 6.07) is 0.488. The van der Waals surface area contributed by atoms with E-state index in [-0.39, 0.29) is 11.3 Å². The van der Waals surface area contributed by atoms with Crippen LogP contribution in [0, 0.1) is 17.3 Å². The highest BCUT2D eigenvalue weighted by Gasteiger charge is 2.27. The van der Waals surface area contributed by atoms with Crippen LogP contribution in [0.2, 0.25) is 0 Å². The van der Waals surface area contributed by atoms with E-state index in [1.807, 2.05) is 0 Å². The maximum Gasteiger partial charge on any atom is 0.227 e. The summed E-state index contributed by atoms with van der Waals surface area (Å²) in [6.07, 6.45) is 9.82. The van der Waals surface area contributed by atoms with E-state index in [4.69, 9.17) is 4.98 Å². The monoisotopic (exact) mass is 329 g/mol. The van der Waals surface area contributed by atoms with Gasteiger partial charge < -0.3 is 4.57 Å². The van der Waals surface area contributed by atoms with Crippen molar-refractivity contribution in [3.63, 3.8) is 0 Å². The van der Waals surface area contributed by atoms with Crippen molar-refractivity contribution in [2.24, 2.45) is 17.3 Å². The number of fused-ring (bicyclic) bond motifs is 1. The number of anilines is 1. The lowest BCUT2D eigenvalue weighted by Crippen LogP contribution is -2.38. The zero-order valence-corrected chi connectivity index (χ0v) is 15.7. The Balaban J connectivity index is 1.96. The third-order valence-electron chi connectivity index (χ3n) is 5.17. The van der Waals surface area contributed by atoms with Crippen LogP contribution in [0.3, 0.4) is 0 Å². The van der Waals surface area contributed by atoms with E-state index in [0.29, 0.717) is 24.3 Å². The zero-order chi connectivity index (χ0) is 17.5. The van der Waals surface area contributed by atoms with E-state index in [1.165, 1.54) is 24.6 Å². The SMILES string of the molecule is CC(C)C1C=c2c(nc(NC(=O)CC(C)(C)C)n2C2CCC2)=CC1. The van der Waals surface area contributed by atoms with Crippen LogP contribution in [0.1, 0.15) is 72.8 Å². The quantitative estimate of drug-likeness (QED) is 0.922. The van der Waals surface area contributed by atoms with E-state index in [9.17, 15) is 4.79 Å². The van der Waals surface area contributed by atoms with E-state index in [0.717, 1.165) is 17.7 Å².